The molecule has 0 aliphatic carbocycles. The van der Waals surface area contributed by atoms with Crippen LogP contribution in [0, 0.1) is 5.92 Å². The quantitative estimate of drug-likeness (QED) is 0.762. The molecular weight excluding hydrogens is 168 g/mol. The maximum atomic E-state index is 8.86. The summed E-state index contributed by atoms with van der Waals surface area (Å²) in [5, 5.41) is 8.86. The Morgan fingerprint density at radius 3 is 2.58 bits per heavy atom. The van der Waals surface area contributed by atoms with E-state index in [0.29, 0.717) is 12.5 Å². The fraction of sp³-hybridized carbons (Fsp3) is 0.600. The fourth-order valence-electron chi connectivity index (χ4n) is 1.13. The minimum atomic E-state index is 0.291. The molecule has 0 bridgehead atoms. The molecule has 1 aromatic rings. The molecule has 0 amide bonds. The molecule has 0 aliphatic heterocycles. The van der Waals surface area contributed by atoms with Gasteiger partial charge >= 0.3 is 0 Å². The summed E-state index contributed by atoms with van der Waals surface area (Å²) in [6.45, 7) is 4.54. The summed E-state index contributed by atoms with van der Waals surface area (Å²) in [6, 6.07) is 4.36. The molecule has 1 N–H and O–H groups in total. The summed E-state index contributed by atoms with van der Waals surface area (Å²) in [5.41, 5.74) is 0. The average molecular weight is 184 g/mol. The van der Waals surface area contributed by atoms with Gasteiger partial charge in [0.15, 0.2) is 0 Å². The van der Waals surface area contributed by atoms with Crippen LogP contribution in [-0.4, -0.2) is 11.7 Å². The van der Waals surface area contributed by atoms with E-state index >= 15 is 0 Å². The van der Waals surface area contributed by atoms with Gasteiger partial charge in [0.1, 0.15) is 0 Å². The van der Waals surface area contributed by atoms with Crippen LogP contribution in [-0.2, 0) is 12.8 Å². The van der Waals surface area contributed by atoms with Crippen LogP contribution in [0.1, 0.15) is 23.6 Å². The molecule has 12 heavy (non-hydrogen) atoms. The second kappa shape index (κ2) is 4.63. The minimum absolute atomic E-state index is 0.291. The maximum Gasteiger partial charge on any atom is 0.0460 e. The first-order chi connectivity index (χ1) is 5.76. The zero-order valence-corrected chi connectivity index (χ0v) is 8.53. The molecule has 68 valence electrons. The second-order valence-electron chi connectivity index (χ2n) is 3.21. The van der Waals surface area contributed by atoms with Crippen LogP contribution >= 0.6 is 11.3 Å². The van der Waals surface area contributed by atoms with Crippen LogP contribution in [0.15, 0.2) is 12.1 Å². The first kappa shape index (κ1) is 9.75. The monoisotopic (exact) mass is 184 g/mol. The molecule has 1 unspecified atom stereocenters. The van der Waals surface area contributed by atoms with Crippen molar-refractivity contribution in [3.63, 3.8) is 0 Å². The topological polar surface area (TPSA) is 20.2 Å². The standard InChI is InChI=1S/C10H16OS/c1-3-9-4-5-10(12-9)6-8(2)7-11/h4-5,8,11H,3,6-7H2,1-2H3. The second-order valence-corrected chi connectivity index (χ2v) is 4.47. The minimum Gasteiger partial charge on any atom is -0.396 e. The lowest BCUT2D eigenvalue weighted by molar-refractivity contribution is 0.237. The van der Waals surface area contributed by atoms with Crippen molar-refractivity contribution in [2.75, 3.05) is 6.61 Å². The zero-order valence-electron chi connectivity index (χ0n) is 7.71. The molecule has 0 saturated heterocycles. The number of thiophene rings is 1. The molecule has 0 saturated carbocycles. The fourth-order valence-corrected chi connectivity index (χ4v) is 2.25. The molecule has 1 aromatic heterocycles. The van der Waals surface area contributed by atoms with Crippen LogP contribution < -0.4 is 0 Å². The Hall–Kier alpha value is -0.340. The number of hydrogen-bond acceptors (Lipinski definition) is 2. The van der Waals surface area contributed by atoms with Crippen molar-refractivity contribution in [1.29, 1.82) is 0 Å². The van der Waals surface area contributed by atoms with E-state index in [1.807, 2.05) is 11.3 Å². The van der Waals surface area contributed by atoms with E-state index in [1.165, 1.54) is 9.75 Å². The number of aliphatic hydroxyl groups is 1. The Bertz CT molecular complexity index is 229. The van der Waals surface area contributed by atoms with Crippen molar-refractivity contribution in [3.8, 4) is 0 Å². The Morgan fingerprint density at radius 1 is 1.42 bits per heavy atom. The molecule has 0 aromatic carbocycles. The highest BCUT2D eigenvalue weighted by Gasteiger charge is 2.03. The van der Waals surface area contributed by atoms with Gasteiger partial charge in [-0.25, -0.2) is 0 Å². The summed E-state index contributed by atoms with van der Waals surface area (Å²) in [5.74, 6) is 0.397. The zero-order chi connectivity index (χ0) is 8.97. The van der Waals surface area contributed by atoms with E-state index in [4.69, 9.17) is 5.11 Å². The van der Waals surface area contributed by atoms with Gasteiger partial charge in [0, 0.05) is 16.4 Å². The molecule has 1 rings (SSSR count). The predicted octanol–water partition coefficient (Wildman–Crippen LogP) is 2.48. The van der Waals surface area contributed by atoms with Crippen molar-refractivity contribution >= 4 is 11.3 Å². The first-order valence-electron chi connectivity index (χ1n) is 4.44. The molecule has 0 fully saturated rings. The van der Waals surface area contributed by atoms with Gasteiger partial charge in [-0.05, 0) is 30.9 Å². The van der Waals surface area contributed by atoms with E-state index in [9.17, 15) is 0 Å². The summed E-state index contributed by atoms with van der Waals surface area (Å²) < 4.78 is 0. The van der Waals surface area contributed by atoms with Crippen molar-refractivity contribution in [2.45, 2.75) is 26.7 Å². The lowest BCUT2D eigenvalue weighted by Gasteiger charge is -2.03. The molecule has 0 spiro atoms. The Morgan fingerprint density at radius 2 is 2.08 bits per heavy atom. The van der Waals surface area contributed by atoms with Crippen LogP contribution in [0.5, 0.6) is 0 Å². The smallest absolute Gasteiger partial charge is 0.0460 e. The normalized spacial score (nSPS) is 13.2. The number of aliphatic hydroxyl groups excluding tert-OH is 1. The maximum absolute atomic E-state index is 8.86. The lowest BCUT2D eigenvalue weighted by Crippen LogP contribution is -2.02. The van der Waals surface area contributed by atoms with E-state index in [2.05, 4.69) is 26.0 Å². The third kappa shape index (κ3) is 2.61. The highest BCUT2D eigenvalue weighted by Crippen LogP contribution is 2.19. The van der Waals surface area contributed by atoms with Gasteiger partial charge in [0.2, 0.25) is 0 Å². The van der Waals surface area contributed by atoms with Gasteiger partial charge in [-0.3, -0.25) is 0 Å². The predicted molar refractivity (Wildman–Crippen MR) is 53.7 cm³/mol. The molecule has 2 heteroatoms. The van der Waals surface area contributed by atoms with Crippen molar-refractivity contribution < 1.29 is 5.11 Å². The van der Waals surface area contributed by atoms with Gasteiger partial charge in [0.25, 0.3) is 0 Å². The summed E-state index contributed by atoms with van der Waals surface area (Å²) in [7, 11) is 0. The average Bonchev–Trinajstić information content (AvgIpc) is 2.52. The van der Waals surface area contributed by atoms with Gasteiger partial charge in [-0.2, -0.15) is 0 Å². The van der Waals surface area contributed by atoms with Gasteiger partial charge in [0.05, 0.1) is 0 Å². The van der Waals surface area contributed by atoms with E-state index < -0.39 is 0 Å². The lowest BCUT2D eigenvalue weighted by atomic mass is 10.1. The van der Waals surface area contributed by atoms with Crippen molar-refractivity contribution in [1.82, 2.24) is 0 Å². The van der Waals surface area contributed by atoms with Crippen LogP contribution in [0.2, 0.25) is 0 Å². The highest BCUT2D eigenvalue weighted by molar-refractivity contribution is 7.11. The van der Waals surface area contributed by atoms with E-state index in [1.54, 1.807) is 0 Å². The Labute approximate surface area is 78.1 Å². The Balaban J connectivity index is 2.52. The summed E-state index contributed by atoms with van der Waals surface area (Å²) in [4.78, 5) is 2.84. The van der Waals surface area contributed by atoms with Gasteiger partial charge < -0.3 is 5.11 Å². The van der Waals surface area contributed by atoms with Crippen LogP contribution in [0.25, 0.3) is 0 Å². The molecule has 1 nitrogen and oxygen atoms in total. The van der Waals surface area contributed by atoms with Crippen LogP contribution in [0.3, 0.4) is 0 Å². The number of rotatable bonds is 4. The van der Waals surface area contributed by atoms with Crippen molar-refractivity contribution in [2.24, 2.45) is 5.92 Å². The Kier molecular flexibility index (Phi) is 3.76. The van der Waals surface area contributed by atoms with Crippen LogP contribution in [0.4, 0.5) is 0 Å². The number of aryl methyl sites for hydroxylation is 1. The SMILES string of the molecule is CCc1ccc(CC(C)CO)s1. The summed E-state index contributed by atoms with van der Waals surface area (Å²) >= 11 is 1.87. The molecule has 0 aliphatic rings. The molecular formula is C10H16OS. The van der Waals surface area contributed by atoms with Gasteiger partial charge in [-0.1, -0.05) is 13.8 Å². The third-order valence-corrected chi connectivity index (χ3v) is 3.18. The molecule has 0 radical (unpaired) electrons. The number of hydrogen-bond donors (Lipinski definition) is 1. The summed E-state index contributed by atoms with van der Waals surface area (Å²) in [6.07, 6.45) is 2.14. The molecule has 1 atom stereocenters. The highest BCUT2D eigenvalue weighted by atomic mass is 32.1. The van der Waals surface area contributed by atoms with Crippen molar-refractivity contribution in [3.05, 3.63) is 21.9 Å². The van der Waals surface area contributed by atoms with Gasteiger partial charge in [-0.15, -0.1) is 11.3 Å². The van der Waals surface area contributed by atoms with E-state index in [-0.39, 0.29) is 0 Å². The molecule has 1 heterocycles. The largest absolute Gasteiger partial charge is 0.396 e. The third-order valence-electron chi connectivity index (χ3n) is 1.93. The van der Waals surface area contributed by atoms with E-state index in [0.717, 1.165) is 12.8 Å². The first-order valence-corrected chi connectivity index (χ1v) is 5.26.